The zero-order valence-electron chi connectivity index (χ0n) is 19.7. The molecule has 0 bridgehead atoms. The molecule has 2 aromatic heterocycles. The number of para-hydroxylation sites is 1. The molecule has 0 fully saturated rings. The molecule has 1 aliphatic carbocycles. The van der Waals surface area contributed by atoms with E-state index in [2.05, 4.69) is 10.3 Å². The molecular formula is C28H28N4O3. The highest BCUT2D eigenvalue weighted by Gasteiger charge is 2.25. The lowest BCUT2D eigenvalue weighted by atomic mass is 9.97. The number of nitrogens with zero attached hydrogens (tertiary/aromatic N) is 3. The maximum atomic E-state index is 13.3. The number of amides is 1. The number of carbonyl (C=O) groups excluding carboxylic acids is 2. The topological polar surface area (TPSA) is 86.1 Å². The fourth-order valence-corrected chi connectivity index (χ4v) is 4.79. The number of aryl methyl sites for hydroxylation is 2. The van der Waals surface area contributed by atoms with Crippen LogP contribution in [-0.2, 0) is 29.4 Å². The molecule has 4 aromatic rings. The average molecular weight is 469 g/mol. The Morgan fingerprint density at radius 1 is 1.03 bits per heavy atom. The third-order valence-electron chi connectivity index (χ3n) is 6.51. The number of esters is 1. The van der Waals surface area contributed by atoms with Crippen LogP contribution in [0.25, 0.3) is 10.9 Å². The van der Waals surface area contributed by atoms with Crippen LogP contribution < -0.4 is 5.32 Å². The molecule has 0 spiro atoms. The van der Waals surface area contributed by atoms with Crippen molar-refractivity contribution in [1.82, 2.24) is 19.9 Å². The Morgan fingerprint density at radius 2 is 1.80 bits per heavy atom. The molecule has 35 heavy (non-hydrogen) atoms. The molecule has 0 radical (unpaired) electrons. The van der Waals surface area contributed by atoms with Gasteiger partial charge in [-0.3, -0.25) is 9.78 Å². The van der Waals surface area contributed by atoms with Crippen LogP contribution in [0.2, 0.25) is 0 Å². The summed E-state index contributed by atoms with van der Waals surface area (Å²) in [5, 5.41) is 3.75. The zero-order valence-corrected chi connectivity index (χ0v) is 19.7. The summed E-state index contributed by atoms with van der Waals surface area (Å²) in [6, 6.07) is 16.8. The molecule has 178 valence electrons. The monoisotopic (exact) mass is 468 g/mol. The first-order valence-electron chi connectivity index (χ1n) is 12.0. The van der Waals surface area contributed by atoms with Crippen LogP contribution >= 0.6 is 0 Å². The molecule has 0 saturated carbocycles. The van der Waals surface area contributed by atoms with Crippen LogP contribution in [0.1, 0.15) is 58.3 Å². The molecule has 7 nitrogen and oxygen atoms in total. The van der Waals surface area contributed by atoms with Gasteiger partial charge in [0.15, 0.2) is 6.61 Å². The van der Waals surface area contributed by atoms with Crippen LogP contribution in [0.4, 0.5) is 0 Å². The first kappa shape index (κ1) is 22.8. The van der Waals surface area contributed by atoms with Crippen molar-refractivity contribution in [2.45, 2.75) is 38.1 Å². The number of aromatic nitrogens is 3. The second-order valence-corrected chi connectivity index (χ2v) is 8.87. The van der Waals surface area contributed by atoms with Gasteiger partial charge >= 0.3 is 5.97 Å². The van der Waals surface area contributed by atoms with Crippen molar-refractivity contribution in [3.05, 3.63) is 95.2 Å². The summed E-state index contributed by atoms with van der Waals surface area (Å²) >= 11 is 0. The van der Waals surface area contributed by atoms with Crippen LogP contribution in [0.5, 0.6) is 0 Å². The second kappa shape index (κ2) is 10.1. The lowest BCUT2D eigenvalue weighted by Crippen LogP contribution is -2.34. The third kappa shape index (κ3) is 4.80. The largest absolute Gasteiger partial charge is 0.452 e. The smallest absolute Gasteiger partial charge is 0.339 e. The molecule has 0 aliphatic heterocycles. The zero-order chi connectivity index (χ0) is 24.2. The number of nitrogens with one attached hydrogen (secondary N) is 1. The molecule has 7 heteroatoms. The molecular weight excluding hydrogens is 440 g/mol. The summed E-state index contributed by atoms with van der Waals surface area (Å²) in [6.07, 6.45) is 8.34. The Bertz CT molecular complexity index is 1360. The van der Waals surface area contributed by atoms with Gasteiger partial charge in [-0.15, -0.1) is 0 Å². The number of ether oxygens (including phenoxy) is 1. The predicted octanol–water partition coefficient (Wildman–Crippen LogP) is 4.30. The van der Waals surface area contributed by atoms with Crippen molar-refractivity contribution in [3.8, 4) is 0 Å². The molecule has 5 rings (SSSR count). The minimum Gasteiger partial charge on any atom is -0.452 e. The quantitative estimate of drug-likeness (QED) is 0.337. The number of carbonyl (C=O) groups is 2. The SMILES string of the molecule is Cn1ccnc1C(NC(=O)COC(=O)c1c2c(nc3ccccc13)CCCCC2)c1ccccc1. The summed E-state index contributed by atoms with van der Waals surface area (Å²) in [6.45, 7) is -0.377. The fraction of sp³-hybridized carbons (Fsp3) is 0.286. The molecule has 1 aliphatic rings. The highest BCUT2D eigenvalue weighted by molar-refractivity contribution is 6.05. The summed E-state index contributed by atoms with van der Waals surface area (Å²) in [5.74, 6) is -0.175. The minimum absolute atomic E-state index is 0.377. The number of fused-ring (bicyclic) bond motifs is 2. The van der Waals surface area contributed by atoms with E-state index in [4.69, 9.17) is 9.72 Å². The van der Waals surface area contributed by atoms with Gasteiger partial charge in [0.25, 0.3) is 5.91 Å². The van der Waals surface area contributed by atoms with E-state index in [0.717, 1.165) is 59.8 Å². The normalized spacial score (nSPS) is 14.1. The fourth-order valence-electron chi connectivity index (χ4n) is 4.79. The van der Waals surface area contributed by atoms with Gasteiger partial charge in [-0.25, -0.2) is 9.78 Å². The van der Waals surface area contributed by atoms with Gasteiger partial charge in [-0.1, -0.05) is 55.0 Å². The number of pyridine rings is 1. The molecule has 0 saturated heterocycles. The number of imidazole rings is 1. The Balaban J connectivity index is 1.37. The van der Waals surface area contributed by atoms with Gasteiger partial charge < -0.3 is 14.6 Å². The van der Waals surface area contributed by atoms with Crippen molar-refractivity contribution >= 4 is 22.8 Å². The lowest BCUT2D eigenvalue weighted by molar-refractivity contribution is -0.124. The molecule has 2 heterocycles. The van der Waals surface area contributed by atoms with E-state index in [-0.39, 0.29) is 12.5 Å². The standard InChI is InChI=1S/C28H28N4O3/c1-32-17-16-29-27(32)26(19-10-4-2-5-11-19)31-24(33)18-35-28(34)25-20-12-6-3-7-14-22(20)30-23-15-9-8-13-21(23)25/h2,4-5,8-11,13,15-17,26H,3,6-7,12,14,18H2,1H3,(H,31,33). The van der Waals surface area contributed by atoms with Gasteiger partial charge in [0.2, 0.25) is 0 Å². The van der Waals surface area contributed by atoms with Gasteiger partial charge in [0, 0.05) is 30.5 Å². The summed E-state index contributed by atoms with van der Waals surface area (Å²) in [4.78, 5) is 35.5. The van der Waals surface area contributed by atoms with Gasteiger partial charge in [0.1, 0.15) is 11.9 Å². The number of benzene rings is 2. The predicted molar refractivity (Wildman–Crippen MR) is 133 cm³/mol. The highest BCUT2D eigenvalue weighted by Crippen LogP contribution is 2.29. The molecule has 1 atom stereocenters. The van der Waals surface area contributed by atoms with E-state index >= 15 is 0 Å². The summed E-state index contributed by atoms with van der Waals surface area (Å²) in [7, 11) is 1.88. The summed E-state index contributed by atoms with van der Waals surface area (Å²) in [5.41, 5.74) is 4.15. The Labute approximate surface area is 204 Å². The third-order valence-corrected chi connectivity index (χ3v) is 6.51. The average Bonchev–Trinajstić information content (AvgIpc) is 3.17. The maximum Gasteiger partial charge on any atom is 0.339 e. The van der Waals surface area contributed by atoms with Crippen molar-refractivity contribution in [2.24, 2.45) is 7.05 Å². The highest BCUT2D eigenvalue weighted by atomic mass is 16.5. The van der Waals surface area contributed by atoms with Crippen LogP contribution in [0.3, 0.4) is 0 Å². The van der Waals surface area contributed by atoms with E-state index < -0.39 is 12.0 Å². The van der Waals surface area contributed by atoms with E-state index in [0.29, 0.717) is 11.4 Å². The number of rotatable bonds is 6. The van der Waals surface area contributed by atoms with E-state index in [1.807, 2.05) is 72.4 Å². The van der Waals surface area contributed by atoms with Crippen LogP contribution in [0, 0.1) is 0 Å². The Hall–Kier alpha value is -4.00. The van der Waals surface area contributed by atoms with Crippen molar-refractivity contribution < 1.29 is 14.3 Å². The van der Waals surface area contributed by atoms with Crippen molar-refractivity contribution in [2.75, 3.05) is 6.61 Å². The van der Waals surface area contributed by atoms with Crippen molar-refractivity contribution in [1.29, 1.82) is 0 Å². The lowest BCUT2D eigenvalue weighted by Gasteiger charge is -2.19. The van der Waals surface area contributed by atoms with Gasteiger partial charge in [-0.05, 0) is 42.9 Å². The first-order valence-corrected chi connectivity index (χ1v) is 12.0. The van der Waals surface area contributed by atoms with Crippen molar-refractivity contribution in [3.63, 3.8) is 0 Å². The maximum absolute atomic E-state index is 13.3. The minimum atomic E-state index is -0.481. The van der Waals surface area contributed by atoms with E-state index in [9.17, 15) is 9.59 Å². The number of hydrogen-bond acceptors (Lipinski definition) is 5. The summed E-state index contributed by atoms with van der Waals surface area (Å²) < 4.78 is 7.45. The Morgan fingerprint density at radius 3 is 2.60 bits per heavy atom. The van der Waals surface area contributed by atoms with E-state index in [1.165, 1.54) is 0 Å². The second-order valence-electron chi connectivity index (χ2n) is 8.87. The molecule has 1 amide bonds. The van der Waals surface area contributed by atoms with Crippen LogP contribution in [0.15, 0.2) is 67.0 Å². The van der Waals surface area contributed by atoms with E-state index in [1.54, 1.807) is 6.20 Å². The van der Waals surface area contributed by atoms with Gasteiger partial charge in [0.05, 0.1) is 11.1 Å². The Kier molecular flexibility index (Phi) is 6.57. The molecule has 2 aromatic carbocycles. The number of hydrogen-bond donors (Lipinski definition) is 1. The first-order chi connectivity index (χ1) is 17.1. The molecule has 1 N–H and O–H groups in total. The molecule has 1 unspecified atom stereocenters. The van der Waals surface area contributed by atoms with Crippen LogP contribution in [-0.4, -0.2) is 33.0 Å². The van der Waals surface area contributed by atoms with Gasteiger partial charge in [-0.2, -0.15) is 0 Å².